The number of benzene rings is 1. The van der Waals surface area contributed by atoms with Crippen molar-refractivity contribution in [3.05, 3.63) is 46.8 Å². The van der Waals surface area contributed by atoms with Gasteiger partial charge in [0.1, 0.15) is 11.4 Å². The van der Waals surface area contributed by atoms with E-state index in [0.717, 1.165) is 6.42 Å². The first-order valence-corrected chi connectivity index (χ1v) is 6.95. The minimum atomic E-state index is -0.353. The molecule has 0 atom stereocenters. The van der Waals surface area contributed by atoms with Crippen molar-refractivity contribution in [1.29, 1.82) is 0 Å². The van der Waals surface area contributed by atoms with E-state index < -0.39 is 0 Å². The number of aromatic nitrogens is 2. The molecule has 2 aromatic rings. The second-order valence-electron chi connectivity index (χ2n) is 4.58. The van der Waals surface area contributed by atoms with Crippen LogP contribution < -0.4 is 10.6 Å². The number of para-hydroxylation sites is 1. The van der Waals surface area contributed by atoms with Crippen LogP contribution in [0.3, 0.4) is 0 Å². The van der Waals surface area contributed by atoms with E-state index in [2.05, 4.69) is 15.7 Å². The fraction of sp³-hybridized carbons (Fsp3) is 0.357. The lowest BCUT2D eigenvalue weighted by atomic mass is 10.2. The molecule has 0 unspecified atom stereocenters. The number of rotatable bonds is 8. The van der Waals surface area contributed by atoms with Crippen LogP contribution in [0.5, 0.6) is 0 Å². The van der Waals surface area contributed by atoms with Crippen LogP contribution in [0.25, 0.3) is 0 Å². The maximum absolute atomic E-state index is 11.3. The SMILES string of the molecule is CCCNc1cccc(NCCn2cccn2)c1[N+](=O)[O-]. The molecule has 112 valence electrons. The van der Waals surface area contributed by atoms with Crippen molar-refractivity contribution >= 4 is 17.1 Å². The normalized spacial score (nSPS) is 10.3. The van der Waals surface area contributed by atoms with Gasteiger partial charge in [-0.05, 0) is 24.6 Å². The molecule has 0 aliphatic carbocycles. The Bertz CT molecular complexity index is 583. The van der Waals surface area contributed by atoms with Gasteiger partial charge in [0.15, 0.2) is 0 Å². The van der Waals surface area contributed by atoms with E-state index in [4.69, 9.17) is 0 Å². The fourth-order valence-electron chi connectivity index (χ4n) is 2.02. The molecule has 0 fully saturated rings. The number of anilines is 2. The average Bonchev–Trinajstić information content (AvgIpc) is 2.98. The third-order valence-corrected chi connectivity index (χ3v) is 3.00. The van der Waals surface area contributed by atoms with Crippen molar-refractivity contribution in [3.63, 3.8) is 0 Å². The molecule has 0 aliphatic rings. The molecule has 1 aromatic heterocycles. The molecule has 7 heteroatoms. The van der Waals surface area contributed by atoms with E-state index in [9.17, 15) is 10.1 Å². The zero-order chi connectivity index (χ0) is 15.1. The highest BCUT2D eigenvalue weighted by molar-refractivity contribution is 5.76. The monoisotopic (exact) mass is 289 g/mol. The summed E-state index contributed by atoms with van der Waals surface area (Å²) in [5, 5.41) is 21.6. The van der Waals surface area contributed by atoms with Gasteiger partial charge in [0.25, 0.3) is 0 Å². The van der Waals surface area contributed by atoms with Gasteiger partial charge in [-0.3, -0.25) is 14.8 Å². The van der Waals surface area contributed by atoms with Gasteiger partial charge >= 0.3 is 5.69 Å². The Morgan fingerprint density at radius 1 is 1.24 bits per heavy atom. The Kier molecular flexibility index (Phi) is 5.14. The average molecular weight is 289 g/mol. The number of nitro groups is 1. The molecule has 0 saturated carbocycles. The molecule has 0 aliphatic heterocycles. The van der Waals surface area contributed by atoms with Crippen LogP contribution in [0.1, 0.15) is 13.3 Å². The number of hydrogen-bond donors (Lipinski definition) is 2. The number of nitrogens with zero attached hydrogens (tertiary/aromatic N) is 3. The highest BCUT2D eigenvalue weighted by Gasteiger charge is 2.18. The molecular weight excluding hydrogens is 270 g/mol. The predicted molar refractivity (Wildman–Crippen MR) is 82.6 cm³/mol. The summed E-state index contributed by atoms with van der Waals surface area (Å²) >= 11 is 0. The van der Waals surface area contributed by atoms with Crippen molar-refractivity contribution in [2.24, 2.45) is 0 Å². The van der Waals surface area contributed by atoms with Gasteiger partial charge in [0, 0.05) is 25.5 Å². The first-order chi connectivity index (χ1) is 10.2. The summed E-state index contributed by atoms with van der Waals surface area (Å²) in [6, 6.07) is 7.10. The smallest absolute Gasteiger partial charge is 0.315 e. The lowest BCUT2D eigenvalue weighted by Gasteiger charge is -2.11. The fourth-order valence-corrected chi connectivity index (χ4v) is 2.02. The summed E-state index contributed by atoms with van der Waals surface area (Å²) < 4.78 is 1.78. The predicted octanol–water partition coefficient (Wildman–Crippen LogP) is 2.73. The molecule has 0 bridgehead atoms. The quantitative estimate of drug-likeness (QED) is 0.576. The summed E-state index contributed by atoms with van der Waals surface area (Å²) in [5.41, 5.74) is 1.16. The number of hydrogen-bond acceptors (Lipinski definition) is 5. The van der Waals surface area contributed by atoms with Gasteiger partial charge in [-0.15, -0.1) is 0 Å². The van der Waals surface area contributed by atoms with Gasteiger partial charge in [-0.2, -0.15) is 5.10 Å². The van der Waals surface area contributed by atoms with Crippen molar-refractivity contribution in [3.8, 4) is 0 Å². The van der Waals surface area contributed by atoms with Gasteiger partial charge in [-0.25, -0.2) is 0 Å². The van der Waals surface area contributed by atoms with Crippen molar-refractivity contribution in [2.75, 3.05) is 23.7 Å². The van der Waals surface area contributed by atoms with Crippen LogP contribution >= 0.6 is 0 Å². The van der Waals surface area contributed by atoms with Crippen LogP contribution in [0, 0.1) is 10.1 Å². The molecule has 1 aromatic carbocycles. The maximum Gasteiger partial charge on any atom is 0.315 e. The van der Waals surface area contributed by atoms with E-state index in [1.54, 1.807) is 29.1 Å². The highest BCUT2D eigenvalue weighted by atomic mass is 16.6. The molecule has 21 heavy (non-hydrogen) atoms. The first-order valence-electron chi connectivity index (χ1n) is 6.95. The lowest BCUT2D eigenvalue weighted by Crippen LogP contribution is -2.12. The van der Waals surface area contributed by atoms with E-state index in [-0.39, 0.29) is 10.6 Å². The van der Waals surface area contributed by atoms with Crippen molar-refractivity contribution in [1.82, 2.24) is 9.78 Å². The van der Waals surface area contributed by atoms with Gasteiger partial charge in [0.05, 0.1) is 11.5 Å². The molecule has 2 rings (SSSR count). The Hall–Kier alpha value is -2.57. The van der Waals surface area contributed by atoms with E-state index in [1.165, 1.54) is 0 Å². The summed E-state index contributed by atoms with van der Waals surface area (Å²) in [5.74, 6) is 0. The second kappa shape index (κ2) is 7.28. The van der Waals surface area contributed by atoms with Gasteiger partial charge < -0.3 is 10.6 Å². The molecule has 0 spiro atoms. The minimum Gasteiger partial charge on any atom is -0.379 e. The van der Waals surface area contributed by atoms with Crippen molar-refractivity contribution in [2.45, 2.75) is 19.9 Å². The summed E-state index contributed by atoms with van der Waals surface area (Å²) in [6.07, 6.45) is 4.47. The largest absolute Gasteiger partial charge is 0.379 e. The third-order valence-electron chi connectivity index (χ3n) is 3.00. The molecule has 1 heterocycles. The molecule has 0 saturated heterocycles. The molecule has 0 radical (unpaired) electrons. The Morgan fingerprint density at radius 3 is 2.52 bits per heavy atom. The Morgan fingerprint density at radius 2 is 1.95 bits per heavy atom. The van der Waals surface area contributed by atoms with E-state index in [0.29, 0.717) is 31.0 Å². The summed E-state index contributed by atoms with van der Waals surface area (Å²) in [4.78, 5) is 11.0. The van der Waals surface area contributed by atoms with E-state index in [1.807, 2.05) is 19.2 Å². The summed E-state index contributed by atoms with van der Waals surface area (Å²) in [7, 11) is 0. The standard InChI is InChI=1S/C14H19N5O2/c1-2-7-15-12-5-3-6-13(14(12)19(20)21)16-9-11-18-10-4-8-17-18/h3-6,8,10,15-16H,2,7,9,11H2,1H3. The highest BCUT2D eigenvalue weighted by Crippen LogP contribution is 2.32. The van der Waals surface area contributed by atoms with Crippen LogP contribution in [0.15, 0.2) is 36.7 Å². The zero-order valence-electron chi connectivity index (χ0n) is 12.0. The van der Waals surface area contributed by atoms with Gasteiger partial charge in [-0.1, -0.05) is 13.0 Å². The topological polar surface area (TPSA) is 85.0 Å². The number of nitro benzene ring substituents is 1. The van der Waals surface area contributed by atoms with Crippen LogP contribution in [0.2, 0.25) is 0 Å². The Labute approximate surface area is 123 Å². The first kappa shape index (κ1) is 14.8. The molecule has 2 N–H and O–H groups in total. The molecular formula is C14H19N5O2. The van der Waals surface area contributed by atoms with Crippen LogP contribution in [0.4, 0.5) is 17.1 Å². The zero-order valence-corrected chi connectivity index (χ0v) is 12.0. The Balaban J connectivity index is 2.08. The van der Waals surface area contributed by atoms with Crippen molar-refractivity contribution < 1.29 is 4.92 Å². The van der Waals surface area contributed by atoms with Crippen LogP contribution in [-0.4, -0.2) is 27.8 Å². The van der Waals surface area contributed by atoms with E-state index >= 15 is 0 Å². The summed E-state index contributed by atoms with van der Waals surface area (Å²) in [6.45, 7) is 3.94. The minimum absolute atomic E-state index is 0.0893. The second-order valence-corrected chi connectivity index (χ2v) is 4.58. The third kappa shape index (κ3) is 3.95. The van der Waals surface area contributed by atoms with Crippen LogP contribution in [-0.2, 0) is 6.54 Å². The van der Waals surface area contributed by atoms with Gasteiger partial charge in [0.2, 0.25) is 0 Å². The molecule has 7 nitrogen and oxygen atoms in total. The molecule has 0 amide bonds. The maximum atomic E-state index is 11.3. The lowest BCUT2D eigenvalue weighted by molar-refractivity contribution is -0.383. The number of nitrogens with one attached hydrogen (secondary N) is 2.